The van der Waals surface area contributed by atoms with Gasteiger partial charge in [-0.3, -0.25) is 0 Å². The lowest BCUT2D eigenvalue weighted by Gasteiger charge is -2.37. The Balaban J connectivity index is 1.23. The van der Waals surface area contributed by atoms with Crippen LogP contribution >= 0.6 is 0 Å². The van der Waals surface area contributed by atoms with Crippen molar-refractivity contribution in [3.05, 3.63) is 24.0 Å². The molecule has 8 nitrogen and oxygen atoms in total. The highest BCUT2D eigenvalue weighted by Crippen LogP contribution is 2.26. The molecule has 1 aliphatic carbocycles. The number of anilines is 2. The maximum Gasteiger partial charge on any atom is 0.321 e. The van der Waals surface area contributed by atoms with Gasteiger partial charge in [-0.1, -0.05) is 19.3 Å². The van der Waals surface area contributed by atoms with Crippen molar-refractivity contribution < 1.29 is 18.7 Å². The fourth-order valence-corrected chi connectivity index (χ4v) is 5.30. The number of carbonyl (C=O) groups is 2. The van der Waals surface area contributed by atoms with Crippen LogP contribution in [0.5, 0.6) is 0 Å². The summed E-state index contributed by atoms with van der Waals surface area (Å²) < 4.78 is 20.6. The number of nitrogens with one attached hydrogen (secondary N) is 3. The predicted octanol–water partition coefficient (Wildman–Crippen LogP) is 4.07. The summed E-state index contributed by atoms with van der Waals surface area (Å²) in [5.41, 5.74) is 0.964. The van der Waals surface area contributed by atoms with E-state index in [4.69, 9.17) is 4.74 Å². The van der Waals surface area contributed by atoms with Crippen LogP contribution in [0.1, 0.15) is 58.8 Å². The number of hydrogen-bond donors (Lipinski definition) is 3. The second-order valence-electron chi connectivity index (χ2n) is 9.97. The van der Waals surface area contributed by atoms with Gasteiger partial charge in [-0.25, -0.2) is 14.0 Å². The number of likely N-dealkylation sites (tertiary alicyclic amines) is 1. The van der Waals surface area contributed by atoms with Gasteiger partial charge < -0.3 is 30.5 Å². The molecule has 1 aromatic rings. The molecule has 0 radical (unpaired) electrons. The van der Waals surface area contributed by atoms with Crippen LogP contribution in [0.2, 0.25) is 0 Å². The third-order valence-corrected chi connectivity index (χ3v) is 7.02. The molecule has 1 aromatic carbocycles. The predicted molar refractivity (Wildman–Crippen MR) is 131 cm³/mol. The van der Waals surface area contributed by atoms with Crippen molar-refractivity contribution in [2.75, 3.05) is 36.4 Å². The van der Waals surface area contributed by atoms with Crippen LogP contribution in [-0.2, 0) is 4.74 Å². The van der Waals surface area contributed by atoms with Gasteiger partial charge in [0.05, 0.1) is 17.9 Å². The summed E-state index contributed by atoms with van der Waals surface area (Å²) in [4.78, 5) is 28.7. The van der Waals surface area contributed by atoms with Crippen LogP contribution in [-0.4, -0.2) is 67.4 Å². The van der Waals surface area contributed by atoms with E-state index in [-0.39, 0.29) is 42.2 Å². The molecule has 3 fully saturated rings. The molecule has 34 heavy (non-hydrogen) atoms. The van der Waals surface area contributed by atoms with Crippen LogP contribution in [0, 0.1) is 5.82 Å². The summed E-state index contributed by atoms with van der Waals surface area (Å²) in [6, 6.07) is 4.83. The summed E-state index contributed by atoms with van der Waals surface area (Å²) in [6.07, 6.45) is 7.20. The lowest BCUT2D eigenvalue weighted by atomic mass is 9.96. The van der Waals surface area contributed by atoms with Gasteiger partial charge in [-0.2, -0.15) is 0 Å². The second-order valence-corrected chi connectivity index (χ2v) is 9.97. The van der Waals surface area contributed by atoms with E-state index in [1.165, 1.54) is 25.3 Å². The first-order valence-corrected chi connectivity index (χ1v) is 12.7. The molecule has 2 saturated heterocycles. The lowest BCUT2D eigenvalue weighted by Crippen LogP contribution is -2.51. The number of carbonyl (C=O) groups excluding carboxylic acids is 2. The number of piperidine rings is 1. The van der Waals surface area contributed by atoms with Crippen LogP contribution in [0.25, 0.3) is 0 Å². The number of hydrogen-bond acceptors (Lipinski definition) is 4. The fraction of sp³-hybridized carbons (Fsp3) is 0.680. The van der Waals surface area contributed by atoms with E-state index in [2.05, 4.69) is 16.0 Å². The van der Waals surface area contributed by atoms with Crippen LogP contribution in [0.4, 0.5) is 25.4 Å². The number of nitrogens with zero attached hydrogens (tertiary/aromatic N) is 2. The van der Waals surface area contributed by atoms with Crippen LogP contribution in [0.3, 0.4) is 0 Å². The van der Waals surface area contributed by atoms with Crippen molar-refractivity contribution in [1.82, 2.24) is 15.5 Å². The first-order chi connectivity index (χ1) is 16.4. The number of ether oxygens (including phenoxy) is 1. The highest BCUT2D eigenvalue weighted by molar-refractivity contribution is 5.89. The van der Waals surface area contributed by atoms with Crippen molar-refractivity contribution >= 4 is 23.4 Å². The Hall–Kier alpha value is -2.55. The monoisotopic (exact) mass is 475 g/mol. The zero-order chi connectivity index (χ0) is 24.1. The summed E-state index contributed by atoms with van der Waals surface area (Å²) in [5, 5.41) is 8.95. The molecule has 2 aliphatic heterocycles. The van der Waals surface area contributed by atoms with E-state index >= 15 is 0 Å². The van der Waals surface area contributed by atoms with Gasteiger partial charge in [-0.05, 0) is 57.7 Å². The summed E-state index contributed by atoms with van der Waals surface area (Å²) in [6.45, 7) is 6.33. The molecule has 2 unspecified atom stereocenters. The Kier molecular flexibility index (Phi) is 8.13. The minimum absolute atomic E-state index is 0.0401. The van der Waals surface area contributed by atoms with Gasteiger partial charge in [0.15, 0.2) is 0 Å². The summed E-state index contributed by atoms with van der Waals surface area (Å²) >= 11 is 0. The number of amides is 4. The molecule has 3 N–H and O–H groups in total. The molecule has 188 valence electrons. The van der Waals surface area contributed by atoms with E-state index in [0.717, 1.165) is 12.8 Å². The molecular weight excluding hydrogens is 437 g/mol. The maximum atomic E-state index is 14.8. The number of urea groups is 2. The zero-order valence-corrected chi connectivity index (χ0v) is 20.3. The Morgan fingerprint density at radius 3 is 2.18 bits per heavy atom. The van der Waals surface area contributed by atoms with E-state index in [0.29, 0.717) is 50.4 Å². The third kappa shape index (κ3) is 6.52. The molecule has 4 rings (SSSR count). The number of benzene rings is 1. The van der Waals surface area contributed by atoms with Gasteiger partial charge in [0, 0.05) is 44.0 Å². The van der Waals surface area contributed by atoms with Crippen LogP contribution in [0.15, 0.2) is 18.2 Å². The summed E-state index contributed by atoms with van der Waals surface area (Å²) in [7, 11) is 0. The average Bonchev–Trinajstić information content (AvgIpc) is 2.79. The van der Waals surface area contributed by atoms with Gasteiger partial charge in [0.1, 0.15) is 5.82 Å². The molecule has 9 heteroatoms. The highest BCUT2D eigenvalue weighted by atomic mass is 19.1. The first kappa shape index (κ1) is 24.6. The lowest BCUT2D eigenvalue weighted by molar-refractivity contribution is -0.00539. The minimum Gasteiger partial charge on any atom is -0.372 e. The molecule has 1 saturated carbocycles. The second kappa shape index (κ2) is 11.3. The summed E-state index contributed by atoms with van der Waals surface area (Å²) in [5.74, 6) is -0.356. The van der Waals surface area contributed by atoms with E-state index < -0.39 is 0 Å². The number of halogens is 1. The Bertz CT molecular complexity index is 845. The van der Waals surface area contributed by atoms with E-state index in [1.807, 2.05) is 18.7 Å². The standard InChI is InChI=1S/C25H38FN5O3/c1-17-15-31(16-18(2)34-17)23-9-8-21(14-22(23)26)29-25(33)30-12-10-20(11-13-30)28-24(32)27-19-6-4-3-5-7-19/h8-9,14,17-20H,3-7,10-13,15-16H2,1-2H3,(H,29,33)(H2,27,28,32). The van der Waals surface area contributed by atoms with Crippen molar-refractivity contribution in [1.29, 1.82) is 0 Å². The Morgan fingerprint density at radius 1 is 0.941 bits per heavy atom. The molecule has 3 aliphatic rings. The van der Waals surface area contributed by atoms with Crippen LogP contribution < -0.4 is 20.9 Å². The van der Waals surface area contributed by atoms with Crippen molar-refractivity contribution in [2.24, 2.45) is 0 Å². The van der Waals surface area contributed by atoms with Gasteiger partial charge >= 0.3 is 12.1 Å². The van der Waals surface area contributed by atoms with Gasteiger partial charge in [0.2, 0.25) is 0 Å². The molecular formula is C25H38FN5O3. The molecule has 4 amide bonds. The smallest absolute Gasteiger partial charge is 0.321 e. The van der Waals surface area contributed by atoms with Gasteiger partial charge in [0.25, 0.3) is 0 Å². The molecule has 2 atom stereocenters. The molecule has 0 bridgehead atoms. The van der Waals surface area contributed by atoms with Crippen molar-refractivity contribution in [3.63, 3.8) is 0 Å². The third-order valence-electron chi connectivity index (χ3n) is 7.02. The number of morpholine rings is 1. The molecule has 0 aromatic heterocycles. The average molecular weight is 476 g/mol. The number of rotatable bonds is 4. The van der Waals surface area contributed by atoms with Crippen molar-refractivity contribution in [3.8, 4) is 0 Å². The van der Waals surface area contributed by atoms with E-state index in [1.54, 1.807) is 17.0 Å². The zero-order valence-electron chi connectivity index (χ0n) is 20.3. The largest absolute Gasteiger partial charge is 0.372 e. The fourth-order valence-electron chi connectivity index (χ4n) is 5.30. The minimum atomic E-state index is -0.356. The normalized spacial score (nSPS) is 24.6. The molecule has 2 heterocycles. The first-order valence-electron chi connectivity index (χ1n) is 12.7. The van der Waals surface area contributed by atoms with E-state index in [9.17, 15) is 14.0 Å². The molecule has 0 spiro atoms. The Morgan fingerprint density at radius 2 is 1.56 bits per heavy atom. The quantitative estimate of drug-likeness (QED) is 0.613. The highest BCUT2D eigenvalue weighted by Gasteiger charge is 2.26. The SMILES string of the molecule is CC1CN(c2ccc(NC(=O)N3CCC(NC(=O)NC4CCCCC4)CC3)cc2F)CC(C)O1. The topological polar surface area (TPSA) is 85.9 Å². The van der Waals surface area contributed by atoms with Crippen molar-refractivity contribution in [2.45, 2.75) is 83.1 Å². The van der Waals surface area contributed by atoms with Gasteiger partial charge in [-0.15, -0.1) is 0 Å². The Labute approximate surface area is 201 Å². The maximum absolute atomic E-state index is 14.8.